The highest BCUT2D eigenvalue weighted by Crippen LogP contribution is 2.43. The second-order valence-corrected chi connectivity index (χ2v) is 9.55. The molecule has 2 unspecified atom stereocenters. The summed E-state index contributed by atoms with van der Waals surface area (Å²) in [4.78, 5) is 25.5. The van der Waals surface area contributed by atoms with Gasteiger partial charge in [-0.3, -0.25) is 0 Å². The Balaban J connectivity index is 1.89. The number of carboxylic acid groups (broad SMARTS) is 1. The summed E-state index contributed by atoms with van der Waals surface area (Å²) in [6, 6.07) is 15.1. The standard InChI is InChI=1S/C27H29Cl2NO4/c1-15(2)19(18-9-6-5-7-10-18)13-14-34-27(33)23-17(4)30-16(3)22(26(31)32)24(23)20-11-8-12-21(28)25(20)29/h5-12,15,19,24,30H,13-14H2,1-4H3,(H,31,32). The molecule has 3 rings (SSSR count). The van der Waals surface area contributed by atoms with Crippen molar-refractivity contribution in [2.24, 2.45) is 5.92 Å². The number of rotatable bonds is 8. The molecule has 0 radical (unpaired) electrons. The van der Waals surface area contributed by atoms with Crippen LogP contribution in [0.3, 0.4) is 0 Å². The first-order chi connectivity index (χ1) is 16.1. The summed E-state index contributed by atoms with van der Waals surface area (Å²) < 4.78 is 5.71. The number of halogens is 2. The normalized spacial score (nSPS) is 17.0. The molecule has 2 atom stereocenters. The van der Waals surface area contributed by atoms with Crippen molar-refractivity contribution in [3.05, 3.63) is 92.2 Å². The van der Waals surface area contributed by atoms with E-state index >= 15 is 0 Å². The van der Waals surface area contributed by atoms with E-state index in [-0.39, 0.29) is 33.7 Å². The third-order valence-corrected chi connectivity index (χ3v) is 7.03. The van der Waals surface area contributed by atoms with E-state index in [0.29, 0.717) is 29.3 Å². The maximum atomic E-state index is 13.3. The predicted octanol–water partition coefficient (Wildman–Crippen LogP) is 6.69. The molecular formula is C27H29Cl2NO4. The number of ether oxygens (including phenoxy) is 1. The molecule has 0 saturated heterocycles. The quantitative estimate of drug-likeness (QED) is 0.394. The van der Waals surface area contributed by atoms with Gasteiger partial charge >= 0.3 is 11.9 Å². The number of benzene rings is 2. The molecule has 0 fully saturated rings. The van der Waals surface area contributed by atoms with Crippen LogP contribution in [0.25, 0.3) is 0 Å². The van der Waals surface area contributed by atoms with Gasteiger partial charge in [0.25, 0.3) is 0 Å². The maximum Gasteiger partial charge on any atom is 0.336 e. The Hall–Kier alpha value is -2.76. The van der Waals surface area contributed by atoms with Gasteiger partial charge in [0.1, 0.15) is 0 Å². The third kappa shape index (κ3) is 5.48. The molecule has 0 aliphatic carbocycles. The highest BCUT2D eigenvalue weighted by Gasteiger charge is 2.38. The zero-order valence-corrected chi connectivity index (χ0v) is 21.2. The number of nitrogens with one attached hydrogen (secondary N) is 1. The number of carbonyl (C=O) groups excluding carboxylic acids is 1. The fourth-order valence-corrected chi connectivity index (χ4v) is 4.96. The SMILES string of the molecule is CC1=C(C(=O)O)C(c2cccc(Cl)c2Cl)C(C(=O)OCCC(c2ccccc2)C(C)C)=C(C)N1. The van der Waals surface area contributed by atoms with Gasteiger partial charge in [-0.05, 0) is 49.3 Å². The van der Waals surface area contributed by atoms with Crippen LogP contribution >= 0.6 is 23.2 Å². The van der Waals surface area contributed by atoms with Crippen LogP contribution in [0.2, 0.25) is 10.0 Å². The molecule has 0 aromatic heterocycles. The van der Waals surface area contributed by atoms with E-state index in [1.807, 2.05) is 18.2 Å². The van der Waals surface area contributed by atoms with Gasteiger partial charge in [0.05, 0.1) is 33.7 Å². The largest absolute Gasteiger partial charge is 0.478 e. The number of esters is 1. The fourth-order valence-electron chi connectivity index (χ4n) is 4.54. The predicted molar refractivity (Wildman–Crippen MR) is 135 cm³/mol. The van der Waals surface area contributed by atoms with Crippen LogP contribution in [0.4, 0.5) is 0 Å². The topological polar surface area (TPSA) is 75.6 Å². The van der Waals surface area contributed by atoms with Crippen molar-refractivity contribution < 1.29 is 19.4 Å². The monoisotopic (exact) mass is 501 g/mol. The van der Waals surface area contributed by atoms with Gasteiger partial charge in [-0.1, -0.05) is 79.5 Å². The van der Waals surface area contributed by atoms with Gasteiger partial charge < -0.3 is 15.2 Å². The molecule has 0 bridgehead atoms. The molecule has 5 nitrogen and oxygen atoms in total. The van der Waals surface area contributed by atoms with Gasteiger partial charge in [-0.25, -0.2) is 9.59 Å². The average molecular weight is 502 g/mol. The third-order valence-electron chi connectivity index (χ3n) is 6.20. The van der Waals surface area contributed by atoms with Crippen LogP contribution in [0.1, 0.15) is 57.1 Å². The number of dihydropyridines is 1. The van der Waals surface area contributed by atoms with E-state index in [0.717, 1.165) is 0 Å². The van der Waals surface area contributed by atoms with Crippen molar-refractivity contribution in [3.8, 4) is 0 Å². The summed E-state index contributed by atoms with van der Waals surface area (Å²) >= 11 is 12.7. The van der Waals surface area contributed by atoms with Gasteiger partial charge in [-0.2, -0.15) is 0 Å². The molecular weight excluding hydrogens is 473 g/mol. The minimum Gasteiger partial charge on any atom is -0.478 e. The smallest absolute Gasteiger partial charge is 0.336 e. The minimum absolute atomic E-state index is 0.0334. The number of hydrogen-bond donors (Lipinski definition) is 2. The van der Waals surface area contributed by atoms with E-state index in [4.69, 9.17) is 27.9 Å². The molecule has 2 N–H and O–H groups in total. The van der Waals surface area contributed by atoms with Crippen LogP contribution in [-0.2, 0) is 14.3 Å². The molecule has 180 valence electrons. The highest BCUT2D eigenvalue weighted by atomic mass is 35.5. The number of aliphatic carboxylic acids is 1. The Morgan fingerprint density at radius 3 is 2.26 bits per heavy atom. The lowest BCUT2D eigenvalue weighted by atomic mass is 9.80. The molecule has 0 saturated carbocycles. The number of allylic oxidation sites excluding steroid dienone is 2. The van der Waals surface area contributed by atoms with Crippen molar-refractivity contribution in [3.63, 3.8) is 0 Å². The minimum atomic E-state index is -1.15. The Morgan fingerprint density at radius 1 is 1.00 bits per heavy atom. The van der Waals surface area contributed by atoms with Crippen molar-refractivity contribution in [2.75, 3.05) is 6.61 Å². The molecule has 0 amide bonds. The van der Waals surface area contributed by atoms with E-state index in [1.54, 1.807) is 32.0 Å². The highest BCUT2D eigenvalue weighted by molar-refractivity contribution is 6.42. The first kappa shape index (κ1) is 25.9. The molecule has 34 heavy (non-hydrogen) atoms. The second kappa shape index (κ2) is 11.1. The fraction of sp³-hybridized carbons (Fsp3) is 0.333. The average Bonchev–Trinajstić information content (AvgIpc) is 2.78. The first-order valence-electron chi connectivity index (χ1n) is 11.2. The zero-order valence-electron chi connectivity index (χ0n) is 19.7. The summed E-state index contributed by atoms with van der Waals surface area (Å²) in [5, 5.41) is 13.5. The van der Waals surface area contributed by atoms with Crippen LogP contribution < -0.4 is 5.32 Å². The lowest BCUT2D eigenvalue weighted by molar-refractivity contribution is -0.139. The van der Waals surface area contributed by atoms with Gasteiger partial charge in [-0.15, -0.1) is 0 Å². The summed E-state index contributed by atoms with van der Waals surface area (Å²) in [6.07, 6.45) is 0.649. The Morgan fingerprint density at radius 2 is 1.65 bits per heavy atom. The summed E-state index contributed by atoms with van der Waals surface area (Å²) in [5.74, 6) is -2.04. The molecule has 1 aliphatic rings. The molecule has 7 heteroatoms. The number of carboxylic acids is 1. The Bertz CT molecular complexity index is 1140. The number of hydrogen-bond acceptors (Lipinski definition) is 4. The first-order valence-corrected chi connectivity index (χ1v) is 12.0. The van der Waals surface area contributed by atoms with Crippen molar-refractivity contribution >= 4 is 35.1 Å². The van der Waals surface area contributed by atoms with Gasteiger partial charge in [0.2, 0.25) is 0 Å². The molecule has 1 aliphatic heterocycles. The van der Waals surface area contributed by atoms with Crippen LogP contribution in [0.15, 0.2) is 71.1 Å². The molecule has 1 heterocycles. The van der Waals surface area contributed by atoms with Crippen molar-refractivity contribution in [2.45, 2.75) is 46.0 Å². The van der Waals surface area contributed by atoms with Crippen LogP contribution in [0.5, 0.6) is 0 Å². The van der Waals surface area contributed by atoms with Crippen molar-refractivity contribution in [1.29, 1.82) is 0 Å². The summed E-state index contributed by atoms with van der Waals surface area (Å²) in [5.41, 5.74) is 2.85. The zero-order chi connectivity index (χ0) is 25.0. The molecule has 2 aromatic carbocycles. The molecule has 2 aromatic rings. The van der Waals surface area contributed by atoms with Crippen LogP contribution in [0, 0.1) is 5.92 Å². The van der Waals surface area contributed by atoms with Crippen molar-refractivity contribution in [1.82, 2.24) is 5.32 Å². The Labute approximate surface area is 210 Å². The van der Waals surface area contributed by atoms with Gasteiger partial charge in [0.15, 0.2) is 0 Å². The van der Waals surface area contributed by atoms with E-state index < -0.39 is 17.9 Å². The van der Waals surface area contributed by atoms with E-state index in [1.165, 1.54) is 5.56 Å². The second-order valence-electron chi connectivity index (χ2n) is 8.77. The van der Waals surface area contributed by atoms with E-state index in [9.17, 15) is 14.7 Å². The summed E-state index contributed by atoms with van der Waals surface area (Å²) in [7, 11) is 0. The lowest BCUT2D eigenvalue weighted by Gasteiger charge is -2.30. The lowest BCUT2D eigenvalue weighted by Crippen LogP contribution is -2.32. The summed E-state index contributed by atoms with van der Waals surface area (Å²) in [6.45, 7) is 7.87. The van der Waals surface area contributed by atoms with Gasteiger partial charge in [0, 0.05) is 11.4 Å². The van der Waals surface area contributed by atoms with E-state index in [2.05, 4.69) is 31.3 Å². The van der Waals surface area contributed by atoms with Crippen LogP contribution in [-0.4, -0.2) is 23.7 Å². The molecule has 0 spiro atoms. The number of carbonyl (C=O) groups is 2. The maximum absolute atomic E-state index is 13.3. The Kier molecular flexibility index (Phi) is 8.45.